The number of amides is 1. The van der Waals surface area contributed by atoms with Crippen molar-refractivity contribution in [2.45, 2.75) is 26.4 Å². The molecule has 0 radical (unpaired) electrons. The van der Waals surface area contributed by atoms with Crippen molar-refractivity contribution in [1.29, 1.82) is 0 Å². The highest BCUT2D eigenvalue weighted by Crippen LogP contribution is 2.31. The third kappa shape index (κ3) is 3.96. The van der Waals surface area contributed by atoms with Crippen LogP contribution in [-0.2, 0) is 4.74 Å². The molecule has 1 aromatic heterocycles. The quantitative estimate of drug-likeness (QED) is 0.600. The van der Waals surface area contributed by atoms with E-state index in [-0.39, 0.29) is 17.0 Å². The molecule has 0 aliphatic heterocycles. The maximum atomic E-state index is 14.7. The van der Waals surface area contributed by atoms with Gasteiger partial charge in [0, 0.05) is 24.7 Å². The standard InChI is InChI=1S/C21H19F3N2O4/c1-21(2,3)30-20(28)26(4)14-6-5-10(7-11(14)22)16-9-15(27)17-18(25)12(23)8-13(24)19(17)29-16/h5-9H,25H2,1-4H3. The van der Waals surface area contributed by atoms with Gasteiger partial charge in [-0.3, -0.25) is 9.69 Å². The molecule has 3 aromatic rings. The number of ether oxygens (including phenoxy) is 1. The van der Waals surface area contributed by atoms with E-state index in [0.717, 1.165) is 17.0 Å². The number of hydrogen-bond donors (Lipinski definition) is 1. The van der Waals surface area contributed by atoms with Crippen molar-refractivity contribution in [2.75, 3.05) is 17.7 Å². The number of carbonyl (C=O) groups is 1. The Labute approximate surface area is 169 Å². The number of benzene rings is 2. The minimum absolute atomic E-state index is 0.0753. The second-order valence-electron chi connectivity index (χ2n) is 7.64. The van der Waals surface area contributed by atoms with E-state index in [2.05, 4.69) is 0 Å². The average molecular weight is 420 g/mol. The Morgan fingerprint density at radius 1 is 1.07 bits per heavy atom. The van der Waals surface area contributed by atoms with Gasteiger partial charge in [-0.25, -0.2) is 18.0 Å². The fourth-order valence-electron chi connectivity index (χ4n) is 2.79. The van der Waals surface area contributed by atoms with Gasteiger partial charge in [0.15, 0.2) is 16.8 Å². The summed E-state index contributed by atoms with van der Waals surface area (Å²) in [5.74, 6) is -3.15. The number of rotatable bonds is 2. The van der Waals surface area contributed by atoms with Crippen LogP contribution in [0.1, 0.15) is 20.8 Å². The smallest absolute Gasteiger partial charge is 0.414 e. The summed E-state index contributed by atoms with van der Waals surface area (Å²) in [7, 11) is 1.34. The third-order valence-corrected chi connectivity index (χ3v) is 4.21. The summed E-state index contributed by atoms with van der Waals surface area (Å²) in [6, 6.07) is 5.15. The predicted molar refractivity (Wildman–Crippen MR) is 107 cm³/mol. The average Bonchev–Trinajstić information content (AvgIpc) is 2.63. The Morgan fingerprint density at radius 2 is 1.73 bits per heavy atom. The molecule has 9 heteroatoms. The maximum Gasteiger partial charge on any atom is 0.414 e. The number of nitrogen functional groups attached to an aromatic ring is 1. The molecule has 1 heterocycles. The third-order valence-electron chi connectivity index (χ3n) is 4.21. The zero-order valence-electron chi connectivity index (χ0n) is 16.7. The molecule has 0 aliphatic carbocycles. The zero-order chi connectivity index (χ0) is 22.4. The number of hydrogen-bond acceptors (Lipinski definition) is 5. The van der Waals surface area contributed by atoms with Crippen molar-refractivity contribution in [3.05, 3.63) is 58.0 Å². The first kappa shape index (κ1) is 21.2. The summed E-state index contributed by atoms with van der Waals surface area (Å²) in [5.41, 5.74) is 2.93. The second-order valence-corrected chi connectivity index (χ2v) is 7.64. The Hall–Kier alpha value is -3.49. The number of carbonyl (C=O) groups excluding carboxylic acids is 1. The van der Waals surface area contributed by atoms with Gasteiger partial charge < -0.3 is 14.9 Å². The lowest BCUT2D eigenvalue weighted by Crippen LogP contribution is -2.34. The van der Waals surface area contributed by atoms with E-state index in [1.54, 1.807) is 20.8 Å². The van der Waals surface area contributed by atoms with E-state index in [1.807, 2.05) is 0 Å². The van der Waals surface area contributed by atoms with Gasteiger partial charge in [0.2, 0.25) is 0 Å². The first-order chi connectivity index (χ1) is 13.9. The summed E-state index contributed by atoms with van der Waals surface area (Å²) in [6.45, 7) is 5.03. The molecule has 3 rings (SSSR count). The minimum Gasteiger partial charge on any atom is -0.453 e. The van der Waals surface area contributed by atoms with E-state index in [0.29, 0.717) is 6.07 Å². The van der Waals surface area contributed by atoms with E-state index in [9.17, 15) is 22.8 Å². The van der Waals surface area contributed by atoms with Gasteiger partial charge in [-0.2, -0.15) is 0 Å². The van der Waals surface area contributed by atoms with Crippen molar-refractivity contribution >= 4 is 28.4 Å². The number of halogens is 3. The first-order valence-electron chi connectivity index (χ1n) is 8.87. The molecule has 0 spiro atoms. The van der Waals surface area contributed by atoms with Gasteiger partial charge in [-0.1, -0.05) is 0 Å². The van der Waals surface area contributed by atoms with Crippen molar-refractivity contribution in [3.8, 4) is 11.3 Å². The summed E-state index contributed by atoms with van der Waals surface area (Å²) in [5, 5.41) is -0.432. The molecule has 0 bridgehead atoms. The monoisotopic (exact) mass is 420 g/mol. The van der Waals surface area contributed by atoms with Crippen LogP contribution in [0.2, 0.25) is 0 Å². The minimum atomic E-state index is -1.11. The van der Waals surface area contributed by atoms with Crippen LogP contribution in [-0.4, -0.2) is 18.7 Å². The molecule has 0 saturated heterocycles. The van der Waals surface area contributed by atoms with Crippen LogP contribution in [0.4, 0.5) is 29.3 Å². The SMILES string of the molecule is CN(C(=O)OC(C)(C)C)c1ccc(-c2cc(=O)c3c(N)c(F)cc(F)c3o2)cc1F. The Bertz CT molecular complexity index is 1220. The molecule has 0 unspecified atom stereocenters. The molecule has 6 nitrogen and oxygen atoms in total. The summed E-state index contributed by atoms with van der Waals surface area (Å²) in [6.07, 6.45) is -0.758. The lowest BCUT2D eigenvalue weighted by molar-refractivity contribution is 0.0588. The normalized spacial score (nSPS) is 11.6. The molecule has 0 saturated carbocycles. The zero-order valence-corrected chi connectivity index (χ0v) is 16.7. The lowest BCUT2D eigenvalue weighted by atomic mass is 10.1. The van der Waals surface area contributed by atoms with E-state index in [4.69, 9.17) is 14.9 Å². The van der Waals surface area contributed by atoms with Gasteiger partial charge in [0.1, 0.15) is 23.0 Å². The van der Waals surface area contributed by atoms with Crippen LogP contribution in [0.25, 0.3) is 22.3 Å². The number of nitrogens with two attached hydrogens (primary N) is 1. The van der Waals surface area contributed by atoms with Crippen LogP contribution < -0.4 is 16.1 Å². The molecule has 0 aliphatic rings. The fraction of sp³-hybridized carbons (Fsp3) is 0.238. The van der Waals surface area contributed by atoms with Gasteiger partial charge >= 0.3 is 6.09 Å². The van der Waals surface area contributed by atoms with E-state index < -0.39 is 51.2 Å². The second kappa shape index (κ2) is 7.40. The Kier molecular flexibility index (Phi) is 5.23. The number of nitrogens with zero attached hydrogens (tertiary/aromatic N) is 1. The van der Waals surface area contributed by atoms with Crippen molar-refractivity contribution < 1.29 is 27.1 Å². The molecule has 0 atom stereocenters. The van der Waals surface area contributed by atoms with Gasteiger partial charge in [-0.15, -0.1) is 0 Å². The Balaban J connectivity index is 2.04. The number of fused-ring (bicyclic) bond motifs is 1. The molecular formula is C21H19F3N2O4. The molecule has 2 aromatic carbocycles. The van der Waals surface area contributed by atoms with Gasteiger partial charge in [-0.05, 0) is 39.0 Å². The van der Waals surface area contributed by atoms with Gasteiger partial charge in [0.05, 0.1) is 16.8 Å². The van der Waals surface area contributed by atoms with Crippen molar-refractivity contribution in [2.24, 2.45) is 0 Å². The van der Waals surface area contributed by atoms with E-state index >= 15 is 0 Å². The van der Waals surface area contributed by atoms with Crippen molar-refractivity contribution in [3.63, 3.8) is 0 Å². The molecule has 1 amide bonds. The van der Waals surface area contributed by atoms with Crippen LogP contribution in [0.5, 0.6) is 0 Å². The highest BCUT2D eigenvalue weighted by molar-refractivity contribution is 5.91. The predicted octanol–water partition coefficient (Wildman–Crippen LogP) is 4.83. The van der Waals surface area contributed by atoms with E-state index in [1.165, 1.54) is 19.2 Å². The largest absolute Gasteiger partial charge is 0.453 e. The summed E-state index contributed by atoms with van der Waals surface area (Å²) in [4.78, 5) is 25.5. The highest BCUT2D eigenvalue weighted by atomic mass is 19.1. The Morgan fingerprint density at radius 3 is 2.33 bits per heavy atom. The first-order valence-corrected chi connectivity index (χ1v) is 8.87. The fourth-order valence-corrected chi connectivity index (χ4v) is 2.79. The number of anilines is 2. The molecule has 158 valence electrons. The maximum absolute atomic E-state index is 14.7. The highest BCUT2D eigenvalue weighted by Gasteiger charge is 2.23. The molecule has 0 fully saturated rings. The van der Waals surface area contributed by atoms with Crippen LogP contribution in [0, 0.1) is 17.5 Å². The van der Waals surface area contributed by atoms with Gasteiger partial charge in [0.25, 0.3) is 0 Å². The van der Waals surface area contributed by atoms with Crippen LogP contribution >= 0.6 is 0 Å². The molecular weight excluding hydrogens is 401 g/mol. The topological polar surface area (TPSA) is 85.8 Å². The summed E-state index contributed by atoms with van der Waals surface area (Å²) >= 11 is 0. The molecule has 30 heavy (non-hydrogen) atoms. The lowest BCUT2D eigenvalue weighted by Gasteiger charge is -2.25. The molecule has 2 N–H and O–H groups in total. The van der Waals surface area contributed by atoms with Crippen LogP contribution in [0.15, 0.2) is 39.5 Å². The van der Waals surface area contributed by atoms with Crippen molar-refractivity contribution in [1.82, 2.24) is 0 Å². The summed E-state index contributed by atoms with van der Waals surface area (Å²) < 4.78 is 53.0. The van der Waals surface area contributed by atoms with Crippen LogP contribution in [0.3, 0.4) is 0 Å².